The Balaban J connectivity index is 2.47. The molecule has 0 bridgehead atoms. The van der Waals surface area contributed by atoms with Crippen LogP contribution in [-0.2, 0) is 0 Å². The Hall–Kier alpha value is -0.310. The van der Waals surface area contributed by atoms with E-state index in [1.54, 1.807) is 41.4 Å². The van der Waals surface area contributed by atoms with Gasteiger partial charge in [0.15, 0.2) is 5.22 Å². The minimum atomic E-state index is 0.385. The molecule has 0 saturated heterocycles. The average molecular weight is 263 g/mol. The van der Waals surface area contributed by atoms with Crippen LogP contribution >= 0.6 is 35.0 Å². The third kappa shape index (κ3) is 5.36. The first-order valence-corrected chi connectivity index (χ1v) is 6.43. The van der Waals surface area contributed by atoms with Crippen LogP contribution < -0.4 is 4.74 Å². The highest BCUT2D eigenvalue weighted by Crippen LogP contribution is 2.20. The summed E-state index contributed by atoms with van der Waals surface area (Å²) in [7, 11) is 0. The van der Waals surface area contributed by atoms with Gasteiger partial charge >= 0.3 is 0 Å². The fourth-order valence-corrected chi connectivity index (χ4v) is 1.82. The second-order valence-electron chi connectivity index (χ2n) is 2.85. The van der Waals surface area contributed by atoms with Gasteiger partial charge in [0, 0.05) is 10.4 Å². The molecule has 0 aliphatic heterocycles. The van der Waals surface area contributed by atoms with Gasteiger partial charge in [0.1, 0.15) is 5.75 Å². The molecule has 0 aromatic heterocycles. The Morgan fingerprint density at radius 3 is 2.67 bits per heavy atom. The summed E-state index contributed by atoms with van der Waals surface area (Å²) in [6.45, 7) is 2.12. The van der Waals surface area contributed by atoms with Crippen molar-refractivity contribution in [2.45, 2.75) is 13.3 Å². The zero-order valence-electron chi connectivity index (χ0n) is 8.37. The van der Waals surface area contributed by atoms with Crippen LogP contribution in [0.2, 0.25) is 5.02 Å². The fourth-order valence-electron chi connectivity index (χ4n) is 0.882. The van der Waals surface area contributed by atoms with E-state index < -0.39 is 0 Å². The first-order valence-electron chi connectivity index (χ1n) is 4.63. The van der Waals surface area contributed by atoms with Gasteiger partial charge in [-0.3, -0.25) is 0 Å². The van der Waals surface area contributed by atoms with Gasteiger partial charge in [-0.25, -0.2) is 0 Å². The third-order valence-corrected chi connectivity index (χ3v) is 3.12. The maximum Gasteiger partial charge on any atom is 0.200 e. The van der Waals surface area contributed by atoms with E-state index in [9.17, 15) is 0 Å². The summed E-state index contributed by atoms with van der Waals surface area (Å²) < 4.78 is 5.36. The van der Waals surface area contributed by atoms with Crippen molar-refractivity contribution in [1.82, 2.24) is 0 Å². The van der Waals surface area contributed by atoms with Crippen molar-refractivity contribution in [1.29, 1.82) is 0 Å². The van der Waals surface area contributed by atoms with E-state index in [0.29, 0.717) is 16.0 Å². The molecule has 0 unspecified atom stereocenters. The molecule has 1 aromatic rings. The molecular weight excluding hydrogens is 251 g/mol. The standard InChI is InChI=1S/C11H12Cl2OS/c1-2-7-15-8-11(13)14-10-5-3-9(12)4-6-10/h3-6,8H,2,7H2,1H3/b11-8-. The van der Waals surface area contributed by atoms with Crippen molar-refractivity contribution in [3.05, 3.63) is 39.9 Å². The van der Waals surface area contributed by atoms with Gasteiger partial charge in [-0.2, -0.15) is 0 Å². The minimum Gasteiger partial charge on any atom is -0.445 e. The van der Waals surface area contributed by atoms with Crippen LogP contribution in [0.3, 0.4) is 0 Å². The zero-order chi connectivity index (χ0) is 11.1. The lowest BCUT2D eigenvalue weighted by Crippen LogP contribution is -1.87. The van der Waals surface area contributed by atoms with E-state index in [1.165, 1.54) is 0 Å². The Morgan fingerprint density at radius 2 is 2.07 bits per heavy atom. The van der Waals surface area contributed by atoms with E-state index in [1.807, 2.05) is 0 Å². The average Bonchev–Trinajstić information content (AvgIpc) is 2.22. The van der Waals surface area contributed by atoms with Crippen molar-refractivity contribution < 1.29 is 4.74 Å². The molecule has 0 aliphatic carbocycles. The van der Waals surface area contributed by atoms with Crippen LogP contribution in [0, 0.1) is 0 Å². The molecule has 0 aliphatic rings. The lowest BCUT2D eigenvalue weighted by Gasteiger charge is -2.03. The third-order valence-electron chi connectivity index (χ3n) is 1.53. The molecular formula is C11H12Cl2OS. The topological polar surface area (TPSA) is 9.23 Å². The maximum absolute atomic E-state index is 5.88. The number of rotatable bonds is 5. The number of halogens is 2. The largest absolute Gasteiger partial charge is 0.445 e. The van der Waals surface area contributed by atoms with Crippen LogP contribution in [0.1, 0.15) is 13.3 Å². The Kier molecular flexibility index (Phi) is 5.99. The van der Waals surface area contributed by atoms with E-state index in [0.717, 1.165) is 12.2 Å². The summed E-state index contributed by atoms with van der Waals surface area (Å²) in [5.41, 5.74) is 0. The molecule has 82 valence electrons. The van der Waals surface area contributed by atoms with Crippen molar-refractivity contribution in [2.75, 3.05) is 5.75 Å². The molecule has 1 rings (SSSR count). The molecule has 1 nitrogen and oxygen atoms in total. The number of hydrogen-bond donors (Lipinski definition) is 0. The van der Waals surface area contributed by atoms with Gasteiger partial charge in [0.25, 0.3) is 0 Å². The normalized spacial score (nSPS) is 11.5. The van der Waals surface area contributed by atoms with E-state index in [4.69, 9.17) is 27.9 Å². The number of ether oxygens (including phenoxy) is 1. The number of thioether (sulfide) groups is 1. The monoisotopic (exact) mass is 262 g/mol. The quantitative estimate of drug-likeness (QED) is 0.552. The van der Waals surface area contributed by atoms with Crippen LogP contribution in [0.25, 0.3) is 0 Å². The molecule has 15 heavy (non-hydrogen) atoms. The smallest absolute Gasteiger partial charge is 0.200 e. The zero-order valence-corrected chi connectivity index (χ0v) is 10.7. The Labute approximate surface area is 104 Å². The van der Waals surface area contributed by atoms with Crippen molar-refractivity contribution in [3.8, 4) is 5.75 Å². The highest BCUT2D eigenvalue weighted by Gasteiger charge is 1.97. The Morgan fingerprint density at radius 1 is 1.40 bits per heavy atom. The van der Waals surface area contributed by atoms with Crippen LogP contribution in [0.15, 0.2) is 34.9 Å². The maximum atomic E-state index is 5.88. The number of hydrogen-bond acceptors (Lipinski definition) is 2. The minimum absolute atomic E-state index is 0.385. The van der Waals surface area contributed by atoms with Crippen molar-refractivity contribution >= 4 is 35.0 Å². The van der Waals surface area contributed by atoms with Gasteiger partial charge in [-0.15, -0.1) is 11.8 Å². The summed E-state index contributed by atoms with van der Waals surface area (Å²) in [6, 6.07) is 7.09. The fraction of sp³-hybridized carbons (Fsp3) is 0.273. The lowest BCUT2D eigenvalue weighted by atomic mass is 10.3. The summed E-state index contributed by atoms with van der Waals surface area (Å²) in [5.74, 6) is 1.73. The molecule has 0 radical (unpaired) electrons. The predicted octanol–water partition coefficient (Wildman–Crippen LogP) is 4.90. The van der Waals surface area contributed by atoms with Crippen LogP contribution in [-0.4, -0.2) is 5.75 Å². The molecule has 0 N–H and O–H groups in total. The molecule has 0 saturated carbocycles. The second-order valence-corrected chi connectivity index (χ2v) is 4.63. The van der Waals surface area contributed by atoms with E-state index in [-0.39, 0.29) is 0 Å². The summed E-state index contributed by atoms with van der Waals surface area (Å²) >= 11 is 13.3. The van der Waals surface area contributed by atoms with Crippen LogP contribution in [0.5, 0.6) is 5.75 Å². The molecule has 0 amide bonds. The van der Waals surface area contributed by atoms with Crippen molar-refractivity contribution in [2.24, 2.45) is 0 Å². The highest BCUT2D eigenvalue weighted by atomic mass is 35.5. The van der Waals surface area contributed by atoms with Crippen molar-refractivity contribution in [3.63, 3.8) is 0 Å². The first-order chi connectivity index (χ1) is 7.22. The molecule has 0 atom stereocenters. The molecule has 4 heteroatoms. The van der Waals surface area contributed by atoms with E-state index >= 15 is 0 Å². The molecule has 0 spiro atoms. The van der Waals surface area contributed by atoms with Gasteiger partial charge in [-0.1, -0.05) is 18.5 Å². The van der Waals surface area contributed by atoms with E-state index in [2.05, 4.69) is 6.92 Å². The Bertz CT molecular complexity index is 322. The number of benzene rings is 1. The predicted molar refractivity (Wildman–Crippen MR) is 68.8 cm³/mol. The summed E-state index contributed by atoms with van der Waals surface area (Å²) in [6.07, 6.45) is 1.12. The van der Waals surface area contributed by atoms with Crippen LogP contribution in [0.4, 0.5) is 0 Å². The second kappa shape index (κ2) is 7.04. The first kappa shape index (κ1) is 12.8. The lowest BCUT2D eigenvalue weighted by molar-refractivity contribution is 0.464. The van der Waals surface area contributed by atoms with Gasteiger partial charge in [0.2, 0.25) is 0 Å². The van der Waals surface area contributed by atoms with Gasteiger partial charge in [0.05, 0.1) is 0 Å². The molecule has 0 fully saturated rings. The van der Waals surface area contributed by atoms with Gasteiger partial charge < -0.3 is 4.74 Å². The highest BCUT2D eigenvalue weighted by molar-refractivity contribution is 8.02. The summed E-state index contributed by atoms with van der Waals surface area (Å²) in [5, 5.41) is 2.87. The van der Waals surface area contributed by atoms with Gasteiger partial charge in [-0.05, 0) is 48.0 Å². The SMILES string of the molecule is CCCS/C=C(/Cl)Oc1ccc(Cl)cc1. The summed E-state index contributed by atoms with van der Waals surface area (Å²) in [4.78, 5) is 0. The molecule has 0 heterocycles. The molecule has 1 aromatic carbocycles.